The molecule has 19 heavy (non-hydrogen) atoms. The molecule has 2 rings (SSSR count). The number of carbonyl (C=O) groups is 2. The predicted molar refractivity (Wildman–Crippen MR) is 65.9 cm³/mol. The van der Waals surface area contributed by atoms with E-state index in [1.807, 2.05) is 0 Å². The quantitative estimate of drug-likeness (QED) is 0.630. The Morgan fingerprint density at radius 3 is 2.37 bits per heavy atom. The number of nitrogens with one attached hydrogen (secondary N) is 1. The van der Waals surface area contributed by atoms with Crippen molar-refractivity contribution in [3.63, 3.8) is 0 Å². The van der Waals surface area contributed by atoms with Gasteiger partial charge in [0, 0.05) is 19.0 Å². The van der Waals surface area contributed by atoms with Crippen LogP contribution in [0.5, 0.6) is 0 Å². The van der Waals surface area contributed by atoms with Gasteiger partial charge in [0.1, 0.15) is 5.02 Å². The van der Waals surface area contributed by atoms with E-state index in [2.05, 4.69) is 4.98 Å². The average Bonchev–Trinajstić information content (AvgIpc) is 2.82. The normalized spacial score (nSPS) is 15.7. The fourth-order valence-electron chi connectivity index (χ4n) is 2.38. The molecule has 102 valence electrons. The molecule has 0 amide bonds. The zero-order chi connectivity index (χ0) is 14.2. The van der Waals surface area contributed by atoms with Crippen LogP contribution in [-0.2, 0) is 31.9 Å². The standard InChI is InChI=1S/C12H12ClNO5/c1-18-10(16)12(11(17)19-2)3-6-5-14-9(15)8(13)7(6)4-12/h5H,3-4H2,1-2H3,(H,14,15). The van der Waals surface area contributed by atoms with Gasteiger partial charge >= 0.3 is 11.9 Å². The van der Waals surface area contributed by atoms with Crippen LogP contribution in [-0.4, -0.2) is 31.1 Å². The molecule has 1 aromatic rings. The summed E-state index contributed by atoms with van der Waals surface area (Å²) in [6.07, 6.45) is 1.56. The van der Waals surface area contributed by atoms with Gasteiger partial charge in [-0.3, -0.25) is 14.4 Å². The van der Waals surface area contributed by atoms with Gasteiger partial charge in [-0.25, -0.2) is 0 Å². The number of hydrogen-bond acceptors (Lipinski definition) is 5. The Kier molecular flexibility index (Phi) is 3.36. The van der Waals surface area contributed by atoms with Gasteiger partial charge in [-0.1, -0.05) is 11.6 Å². The highest BCUT2D eigenvalue weighted by atomic mass is 35.5. The number of esters is 2. The lowest BCUT2D eigenvalue weighted by molar-refractivity contribution is -0.168. The summed E-state index contributed by atoms with van der Waals surface area (Å²) in [4.78, 5) is 37.8. The number of carbonyl (C=O) groups excluding carboxylic acids is 2. The number of aromatic amines is 1. The van der Waals surface area contributed by atoms with Crippen LogP contribution in [0.4, 0.5) is 0 Å². The van der Waals surface area contributed by atoms with Crippen LogP contribution in [0.1, 0.15) is 11.1 Å². The molecule has 1 aliphatic rings. The second-order valence-corrected chi connectivity index (χ2v) is 4.73. The highest BCUT2D eigenvalue weighted by Crippen LogP contribution is 2.40. The second kappa shape index (κ2) is 4.70. The van der Waals surface area contributed by atoms with Crippen LogP contribution in [0.25, 0.3) is 0 Å². The number of aromatic nitrogens is 1. The summed E-state index contributed by atoms with van der Waals surface area (Å²) in [5.41, 5.74) is -0.788. The van der Waals surface area contributed by atoms with Crippen molar-refractivity contribution in [2.45, 2.75) is 12.8 Å². The van der Waals surface area contributed by atoms with Crippen molar-refractivity contribution in [1.82, 2.24) is 4.98 Å². The van der Waals surface area contributed by atoms with E-state index in [0.717, 1.165) is 0 Å². The third-order valence-corrected chi connectivity index (χ3v) is 3.75. The SMILES string of the molecule is COC(=O)C1(C(=O)OC)Cc2c[nH]c(=O)c(Cl)c2C1. The van der Waals surface area contributed by atoms with E-state index in [4.69, 9.17) is 21.1 Å². The minimum atomic E-state index is -1.46. The molecule has 0 aromatic carbocycles. The third kappa shape index (κ3) is 1.92. The number of rotatable bonds is 2. The molecule has 0 unspecified atom stereocenters. The molecule has 1 heterocycles. The Balaban J connectivity index is 2.54. The Bertz CT molecular complexity index is 591. The topological polar surface area (TPSA) is 85.5 Å². The molecular formula is C12H12ClNO5. The molecule has 0 radical (unpaired) electrons. The first kappa shape index (κ1) is 13.6. The van der Waals surface area contributed by atoms with Crippen molar-refractivity contribution in [3.05, 3.63) is 32.7 Å². The monoisotopic (exact) mass is 285 g/mol. The zero-order valence-corrected chi connectivity index (χ0v) is 11.2. The van der Waals surface area contributed by atoms with Crippen molar-refractivity contribution in [1.29, 1.82) is 0 Å². The third-order valence-electron chi connectivity index (χ3n) is 3.35. The van der Waals surface area contributed by atoms with Crippen LogP contribution in [0.15, 0.2) is 11.0 Å². The number of halogens is 1. The molecule has 0 saturated heterocycles. The van der Waals surface area contributed by atoms with Gasteiger partial charge in [0.2, 0.25) is 0 Å². The van der Waals surface area contributed by atoms with E-state index in [1.165, 1.54) is 20.4 Å². The van der Waals surface area contributed by atoms with Gasteiger partial charge < -0.3 is 14.5 Å². The molecule has 1 aliphatic carbocycles. The Hall–Kier alpha value is -1.82. The molecule has 1 N–H and O–H groups in total. The van der Waals surface area contributed by atoms with Gasteiger partial charge in [-0.05, 0) is 11.1 Å². The highest BCUT2D eigenvalue weighted by Gasteiger charge is 2.53. The number of hydrogen-bond donors (Lipinski definition) is 1. The van der Waals surface area contributed by atoms with Gasteiger partial charge in [-0.15, -0.1) is 0 Å². The molecule has 7 heteroatoms. The Morgan fingerprint density at radius 2 is 1.84 bits per heavy atom. The van der Waals surface area contributed by atoms with Gasteiger partial charge in [-0.2, -0.15) is 0 Å². The summed E-state index contributed by atoms with van der Waals surface area (Å²) in [6.45, 7) is 0. The van der Waals surface area contributed by atoms with E-state index in [1.54, 1.807) is 0 Å². The molecule has 1 aromatic heterocycles. The first-order valence-electron chi connectivity index (χ1n) is 5.52. The fraction of sp³-hybridized carbons (Fsp3) is 0.417. The molecule has 0 saturated carbocycles. The smallest absolute Gasteiger partial charge is 0.323 e. The molecule has 0 aliphatic heterocycles. The fourth-order valence-corrected chi connectivity index (χ4v) is 2.62. The van der Waals surface area contributed by atoms with E-state index < -0.39 is 22.9 Å². The zero-order valence-electron chi connectivity index (χ0n) is 10.4. The maximum atomic E-state index is 11.9. The van der Waals surface area contributed by atoms with Crippen LogP contribution in [0, 0.1) is 5.41 Å². The minimum Gasteiger partial charge on any atom is -0.468 e. The van der Waals surface area contributed by atoms with Gasteiger partial charge in [0.05, 0.1) is 14.2 Å². The lowest BCUT2D eigenvalue weighted by Gasteiger charge is -2.22. The summed E-state index contributed by atoms with van der Waals surface area (Å²) < 4.78 is 9.38. The van der Waals surface area contributed by atoms with Crippen molar-refractivity contribution in [3.8, 4) is 0 Å². The minimum absolute atomic E-state index is 0.00440. The average molecular weight is 286 g/mol. The number of H-pyrrole nitrogens is 1. The molecular weight excluding hydrogens is 274 g/mol. The summed E-state index contributed by atoms with van der Waals surface area (Å²) >= 11 is 5.91. The second-order valence-electron chi connectivity index (χ2n) is 4.35. The van der Waals surface area contributed by atoms with Crippen LogP contribution in [0.3, 0.4) is 0 Å². The summed E-state index contributed by atoms with van der Waals surface area (Å²) in [6, 6.07) is 0. The maximum Gasteiger partial charge on any atom is 0.323 e. The lowest BCUT2D eigenvalue weighted by Crippen LogP contribution is -2.42. The molecule has 0 fully saturated rings. The van der Waals surface area contributed by atoms with Crippen LogP contribution < -0.4 is 5.56 Å². The van der Waals surface area contributed by atoms with Crippen molar-refractivity contribution in [2.75, 3.05) is 14.2 Å². The Morgan fingerprint density at radius 1 is 1.26 bits per heavy atom. The van der Waals surface area contributed by atoms with E-state index in [-0.39, 0.29) is 17.9 Å². The first-order valence-corrected chi connectivity index (χ1v) is 5.90. The lowest BCUT2D eigenvalue weighted by atomic mass is 9.85. The van der Waals surface area contributed by atoms with E-state index >= 15 is 0 Å². The Labute approximate surface area is 113 Å². The van der Waals surface area contributed by atoms with Gasteiger partial charge in [0.15, 0.2) is 5.41 Å². The first-order chi connectivity index (χ1) is 8.96. The number of methoxy groups -OCH3 is 2. The largest absolute Gasteiger partial charge is 0.468 e. The summed E-state index contributed by atoms with van der Waals surface area (Å²) in [5.74, 6) is -1.39. The van der Waals surface area contributed by atoms with Crippen molar-refractivity contribution in [2.24, 2.45) is 5.41 Å². The van der Waals surface area contributed by atoms with Crippen molar-refractivity contribution >= 4 is 23.5 Å². The van der Waals surface area contributed by atoms with Crippen LogP contribution in [0.2, 0.25) is 5.02 Å². The number of pyridine rings is 1. The number of fused-ring (bicyclic) bond motifs is 1. The number of ether oxygens (including phenoxy) is 2. The molecule has 0 bridgehead atoms. The maximum absolute atomic E-state index is 11.9. The molecule has 0 spiro atoms. The van der Waals surface area contributed by atoms with Crippen LogP contribution >= 0.6 is 11.6 Å². The molecule has 0 atom stereocenters. The molecule has 6 nitrogen and oxygen atoms in total. The van der Waals surface area contributed by atoms with Gasteiger partial charge in [0.25, 0.3) is 5.56 Å². The van der Waals surface area contributed by atoms with E-state index in [0.29, 0.717) is 11.1 Å². The van der Waals surface area contributed by atoms with Crippen molar-refractivity contribution < 1.29 is 19.1 Å². The predicted octanol–water partition coefficient (Wildman–Crippen LogP) is 0.459. The highest BCUT2D eigenvalue weighted by molar-refractivity contribution is 6.31. The summed E-state index contributed by atoms with van der Waals surface area (Å²) in [5, 5.41) is -0.00724. The summed E-state index contributed by atoms with van der Waals surface area (Å²) in [7, 11) is 2.39. The van der Waals surface area contributed by atoms with E-state index in [9.17, 15) is 14.4 Å².